The molecule has 4 unspecified atom stereocenters. The summed E-state index contributed by atoms with van der Waals surface area (Å²) in [7, 11) is 0. The summed E-state index contributed by atoms with van der Waals surface area (Å²) in [5, 5.41) is 7.87. The van der Waals surface area contributed by atoms with Crippen molar-refractivity contribution in [1.29, 1.82) is 5.41 Å². The Bertz CT molecular complexity index is 555. The zero-order chi connectivity index (χ0) is 22.1. The lowest BCUT2D eigenvalue weighted by atomic mass is 9.78. The van der Waals surface area contributed by atoms with Gasteiger partial charge in [0.25, 0.3) is 3.79 Å². The molecule has 0 aromatic heterocycles. The van der Waals surface area contributed by atoms with Gasteiger partial charge in [0.1, 0.15) is 0 Å². The highest BCUT2D eigenvalue weighted by Crippen LogP contribution is 2.41. The van der Waals surface area contributed by atoms with Crippen molar-refractivity contribution >= 4 is 40.7 Å². The van der Waals surface area contributed by atoms with E-state index in [0.717, 1.165) is 12.8 Å². The first-order valence-corrected chi connectivity index (χ1v) is 11.8. The molecule has 2 saturated heterocycles. The molecule has 0 bridgehead atoms. The first-order valence-electron chi connectivity index (χ1n) is 10.7. The van der Waals surface area contributed by atoms with Gasteiger partial charge in [-0.15, -0.1) is 0 Å². The fraction of sp³-hybridized carbons (Fsp3) is 0.952. The number of nitrogens with one attached hydrogen (secondary N) is 1. The summed E-state index contributed by atoms with van der Waals surface area (Å²) in [6, 6.07) is 0. The molecule has 0 saturated carbocycles. The minimum Gasteiger partial charge on any atom is -0.448 e. The first-order chi connectivity index (χ1) is 13.4. The lowest BCUT2D eigenvalue weighted by Crippen LogP contribution is -2.55. The molecule has 8 heteroatoms. The van der Waals surface area contributed by atoms with Gasteiger partial charge in [0, 0.05) is 11.8 Å². The van der Waals surface area contributed by atoms with E-state index < -0.39 is 16.0 Å². The Balaban J connectivity index is 2.12. The largest absolute Gasteiger partial charge is 0.448 e. The maximum Gasteiger partial charge on any atom is 0.265 e. The summed E-state index contributed by atoms with van der Waals surface area (Å²) >= 11 is 17.3. The van der Waals surface area contributed by atoms with Gasteiger partial charge in [0.15, 0.2) is 6.29 Å². The Hall–Kier alpha value is 0.220. The quantitative estimate of drug-likeness (QED) is 0.294. The van der Waals surface area contributed by atoms with E-state index in [-0.39, 0.29) is 36.4 Å². The van der Waals surface area contributed by atoms with Gasteiger partial charge in [-0.1, -0.05) is 83.3 Å². The number of rotatable bonds is 5. The molecule has 0 aromatic rings. The average molecular weight is 473 g/mol. The smallest absolute Gasteiger partial charge is 0.265 e. The molecule has 29 heavy (non-hydrogen) atoms. The van der Waals surface area contributed by atoms with E-state index in [9.17, 15) is 0 Å². The number of halogens is 3. The van der Waals surface area contributed by atoms with E-state index in [0.29, 0.717) is 17.8 Å². The number of hydrogen-bond acceptors (Lipinski definition) is 5. The monoisotopic (exact) mass is 471 g/mol. The van der Waals surface area contributed by atoms with Gasteiger partial charge in [-0.3, -0.25) is 5.41 Å². The standard InChI is InChI=1S/C21H36Cl3NO4/c1-8-15-11(4)10(3)13(6)18(26-15)28-17-12(5)14(7)19(27-16(17)9-2)29-20(25)21(22,23)24/h10-19,25H,8-9H2,1-7H3/t10-,11-,12+,13?,14?,15?,16?,17-,18-,19+/m0/s1. The topological polar surface area (TPSA) is 60.8 Å². The molecular formula is C21H36Cl3NO4. The Morgan fingerprint density at radius 1 is 0.793 bits per heavy atom. The third kappa shape index (κ3) is 5.72. The summed E-state index contributed by atoms with van der Waals surface area (Å²) in [5.74, 6) is 0.941. The number of alkyl halides is 3. The maximum atomic E-state index is 7.87. The van der Waals surface area contributed by atoms with Crippen LogP contribution in [0.4, 0.5) is 0 Å². The lowest BCUT2D eigenvalue weighted by molar-refractivity contribution is -0.315. The van der Waals surface area contributed by atoms with Gasteiger partial charge in [0.05, 0.1) is 18.3 Å². The van der Waals surface area contributed by atoms with Crippen LogP contribution >= 0.6 is 34.8 Å². The van der Waals surface area contributed by atoms with Crippen LogP contribution in [0.25, 0.3) is 0 Å². The van der Waals surface area contributed by atoms with Gasteiger partial charge in [-0.05, 0) is 30.6 Å². The molecule has 2 aliphatic rings. The van der Waals surface area contributed by atoms with Crippen LogP contribution in [0, 0.1) is 35.0 Å². The predicted molar refractivity (Wildman–Crippen MR) is 118 cm³/mol. The van der Waals surface area contributed by atoms with Gasteiger partial charge in [-0.2, -0.15) is 0 Å². The van der Waals surface area contributed by atoms with E-state index >= 15 is 0 Å². The van der Waals surface area contributed by atoms with Gasteiger partial charge >= 0.3 is 0 Å². The molecule has 2 rings (SSSR count). The molecule has 5 nitrogen and oxygen atoms in total. The lowest BCUT2D eigenvalue weighted by Gasteiger charge is -2.49. The fourth-order valence-electron chi connectivity index (χ4n) is 4.38. The van der Waals surface area contributed by atoms with Crippen LogP contribution in [0.5, 0.6) is 0 Å². The average Bonchev–Trinajstić information content (AvgIpc) is 2.66. The van der Waals surface area contributed by atoms with E-state index in [1.807, 2.05) is 13.8 Å². The van der Waals surface area contributed by atoms with Crippen LogP contribution < -0.4 is 0 Å². The van der Waals surface area contributed by atoms with E-state index in [4.69, 9.17) is 59.2 Å². The Kier molecular flexibility index (Phi) is 8.98. The Labute approximate surface area is 190 Å². The molecule has 10 atom stereocenters. The van der Waals surface area contributed by atoms with E-state index in [1.165, 1.54) is 0 Å². The SMILES string of the molecule is CCC1O[C@@H](O[C@@H]2C(CC)O[C@H](OC(=N)C(Cl)(Cl)Cl)C(C)[C@H]2C)C(C)[C@@H](C)[C@@H]1C. The Morgan fingerprint density at radius 3 is 1.83 bits per heavy atom. The van der Waals surface area contributed by atoms with E-state index in [2.05, 4.69) is 34.6 Å². The molecule has 0 spiro atoms. The molecule has 0 radical (unpaired) electrons. The highest BCUT2D eigenvalue weighted by molar-refractivity contribution is 6.76. The second kappa shape index (κ2) is 10.2. The van der Waals surface area contributed by atoms with Crippen LogP contribution in [0.3, 0.4) is 0 Å². The van der Waals surface area contributed by atoms with Crippen molar-refractivity contribution < 1.29 is 18.9 Å². The van der Waals surface area contributed by atoms with Crippen molar-refractivity contribution in [3.63, 3.8) is 0 Å². The number of ether oxygens (including phenoxy) is 4. The van der Waals surface area contributed by atoms with Gasteiger partial charge in [-0.25, -0.2) is 0 Å². The van der Waals surface area contributed by atoms with Crippen molar-refractivity contribution in [2.45, 2.75) is 96.0 Å². The highest BCUT2D eigenvalue weighted by Gasteiger charge is 2.47. The van der Waals surface area contributed by atoms with Gasteiger partial charge in [0.2, 0.25) is 12.2 Å². The van der Waals surface area contributed by atoms with Gasteiger partial charge < -0.3 is 18.9 Å². The van der Waals surface area contributed by atoms with Crippen molar-refractivity contribution in [3.8, 4) is 0 Å². The van der Waals surface area contributed by atoms with Crippen LogP contribution in [0.15, 0.2) is 0 Å². The summed E-state index contributed by atoms with van der Waals surface area (Å²) in [5.41, 5.74) is 0. The normalized spacial score (nSPS) is 43.8. The summed E-state index contributed by atoms with van der Waals surface area (Å²) in [6.07, 6.45) is 0.654. The third-order valence-corrected chi connectivity index (χ3v) is 7.54. The zero-order valence-corrected chi connectivity index (χ0v) is 20.7. The minimum absolute atomic E-state index is 0.0484. The predicted octanol–water partition coefficient (Wildman–Crippen LogP) is 6.19. The molecule has 0 amide bonds. The van der Waals surface area contributed by atoms with E-state index in [1.54, 1.807) is 0 Å². The molecule has 0 aromatic carbocycles. The number of hydrogen-bond donors (Lipinski definition) is 1. The molecule has 0 aliphatic carbocycles. The van der Waals surface area contributed by atoms with Crippen LogP contribution in [-0.4, -0.2) is 40.6 Å². The summed E-state index contributed by atoms with van der Waals surface area (Å²) < 4.78 is 22.7. The van der Waals surface area contributed by atoms with Crippen LogP contribution in [0.2, 0.25) is 0 Å². The molecule has 2 fully saturated rings. The summed E-state index contributed by atoms with van der Waals surface area (Å²) in [4.78, 5) is 0. The highest BCUT2D eigenvalue weighted by atomic mass is 35.6. The molecule has 170 valence electrons. The second-order valence-corrected chi connectivity index (χ2v) is 11.0. The first kappa shape index (κ1) is 25.5. The third-order valence-electron chi connectivity index (χ3n) is 7.02. The molecular weight excluding hydrogens is 437 g/mol. The second-order valence-electron chi connectivity index (χ2n) is 8.74. The van der Waals surface area contributed by atoms with Crippen LogP contribution in [0.1, 0.15) is 61.3 Å². The maximum absolute atomic E-state index is 7.87. The Morgan fingerprint density at radius 2 is 1.31 bits per heavy atom. The van der Waals surface area contributed by atoms with Crippen molar-refractivity contribution in [1.82, 2.24) is 0 Å². The molecule has 2 heterocycles. The minimum atomic E-state index is -1.91. The fourth-order valence-corrected chi connectivity index (χ4v) is 4.52. The van der Waals surface area contributed by atoms with Crippen molar-refractivity contribution in [2.75, 3.05) is 0 Å². The zero-order valence-electron chi connectivity index (χ0n) is 18.5. The molecule has 1 N–H and O–H groups in total. The van der Waals surface area contributed by atoms with Crippen LogP contribution in [-0.2, 0) is 18.9 Å². The molecule has 2 aliphatic heterocycles. The van der Waals surface area contributed by atoms with Crippen molar-refractivity contribution in [2.24, 2.45) is 29.6 Å². The summed E-state index contributed by atoms with van der Waals surface area (Å²) in [6.45, 7) is 15.1. The van der Waals surface area contributed by atoms with Crippen molar-refractivity contribution in [3.05, 3.63) is 0 Å².